The number of rotatable bonds is 8. The minimum absolute atomic E-state index is 0.168. The predicted octanol–water partition coefficient (Wildman–Crippen LogP) is 4.14. The van der Waals surface area contributed by atoms with Crippen LogP contribution in [-0.4, -0.2) is 21.7 Å². The molecule has 0 aliphatic rings. The Morgan fingerprint density at radius 1 is 0.970 bits per heavy atom. The average Bonchev–Trinajstić information content (AvgIpc) is 3.30. The van der Waals surface area contributed by atoms with Gasteiger partial charge in [-0.1, -0.05) is 42.0 Å². The number of nitrogens with two attached hydrogens (primary N) is 1. The number of aromatic nitrogens is 2. The number of pyridine rings is 1. The van der Waals surface area contributed by atoms with E-state index in [1.807, 2.05) is 55.5 Å². The summed E-state index contributed by atoms with van der Waals surface area (Å²) in [4.78, 5) is 31.4. The van der Waals surface area contributed by atoms with Crippen molar-refractivity contribution in [1.82, 2.24) is 15.4 Å². The van der Waals surface area contributed by atoms with Crippen LogP contribution in [0, 0.1) is 6.92 Å². The van der Waals surface area contributed by atoms with Gasteiger partial charge in [0.25, 0.3) is 5.91 Å². The lowest BCUT2D eigenvalue weighted by atomic mass is 10.0. The van der Waals surface area contributed by atoms with E-state index in [1.54, 1.807) is 30.6 Å². The second-order valence-electron chi connectivity index (χ2n) is 7.78. The molecule has 0 unspecified atom stereocenters. The summed E-state index contributed by atoms with van der Waals surface area (Å²) in [5, 5.41) is 0. The van der Waals surface area contributed by atoms with Gasteiger partial charge in [-0.05, 0) is 42.3 Å². The summed E-state index contributed by atoms with van der Waals surface area (Å²) in [5.41, 5.74) is 6.92. The molecule has 2 aromatic carbocycles. The van der Waals surface area contributed by atoms with Crippen molar-refractivity contribution in [3.8, 4) is 22.9 Å². The minimum atomic E-state index is -0.387. The largest absolute Gasteiger partial charge is 0.457 e. The van der Waals surface area contributed by atoms with Gasteiger partial charge in [-0.25, -0.2) is 5.84 Å². The van der Waals surface area contributed by atoms with Crippen LogP contribution in [0.15, 0.2) is 79.1 Å². The molecule has 166 valence electrons. The molecular weight excluding hydrogens is 416 g/mol. The molecule has 7 nitrogen and oxygen atoms in total. The highest BCUT2D eigenvalue weighted by Crippen LogP contribution is 2.26. The van der Waals surface area contributed by atoms with Crippen molar-refractivity contribution in [2.24, 2.45) is 5.84 Å². The van der Waals surface area contributed by atoms with Crippen LogP contribution in [0.4, 0.5) is 0 Å². The van der Waals surface area contributed by atoms with Crippen LogP contribution in [0.3, 0.4) is 0 Å². The summed E-state index contributed by atoms with van der Waals surface area (Å²) in [7, 11) is 0. The van der Waals surface area contributed by atoms with Gasteiger partial charge in [0.05, 0.1) is 17.0 Å². The molecule has 0 aliphatic carbocycles. The molecule has 4 rings (SSSR count). The molecule has 4 N–H and O–H groups in total. The van der Waals surface area contributed by atoms with Gasteiger partial charge in [0.2, 0.25) is 0 Å². The van der Waals surface area contributed by atoms with Gasteiger partial charge in [-0.15, -0.1) is 0 Å². The van der Waals surface area contributed by atoms with E-state index in [2.05, 4.69) is 15.4 Å². The Hall–Kier alpha value is -4.23. The summed E-state index contributed by atoms with van der Waals surface area (Å²) in [6.07, 6.45) is 3.99. The molecule has 0 saturated heterocycles. The maximum atomic E-state index is 12.4. The monoisotopic (exact) mass is 440 g/mol. The second kappa shape index (κ2) is 9.93. The predicted molar refractivity (Wildman–Crippen MR) is 126 cm³/mol. The summed E-state index contributed by atoms with van der Waals surface area (Å²) in [6, 6.07) is 20.7. The smallest absolute Gasteiger partial charge is 0.266 e. The number of hydrogen-bond acceptors (Lipinski definition) is 5. The van der Waals surface area contributed by atoms with E-state index in [1.165, 1.54) is 0 Å². The van der Waals surface area contributed by atoms with Crippen LogP contribution < -0.4 is 16.0 Å². The van der Waals surface area contributed by atoms with Gasteiger partial charge >= 0.3 is 0 Å². The molecule has 2 aromatic heterocycles. The molecule has 0 atom stereocenters. The normalized spacial score (nSPS) is 10.6. The van der Waals surface area contributed by atoms with Crippen LogP contribution in [-0.2, 0) is 17.6 Å². The number of ether oxygens (including phenoxy) is 1. The van der Waals surface area contributed by atoms with Gasteiger partial charge in [-0.3, -0.25) is 20.0 Å². The fourth-order valence-corrected chi connectivity index (χ4v) is 3.53. The quantitative estimate of drug-likeness (QED) is 0.217. The third-order valence-electron chi connectivity index (χ3n) is 5.13. The Balaban J connectivity index is 1.39. The van der Waals surface area contributed by atoms with E-state index in [0.717, 1.165) is 16.7 Å². The first-order valence-electron chi connectivity index (χ1n) is 10.5. The zero-order valence-electron chi connectivity index (χ0n) is 18.2. The zero-order valence-corrected chi connectivity index (χ0v) is 18.2. The lowest BCUT2D eigenvalue weighted by molar-refractivity contribution is -0.117. The Morgan fingerprint density at radius 3 is 2.52 bits per heavy atom. The van der Waals surface area contributed by atoms with Gasteiger partial charge in [-0.2, -0.15) is 0 Å². The Labute approximate surface area is 191 Å². The van der Waals surface area contributed by atoms with Crippen molar-refractivity contribution < 1.29 is 14.3 Å². The average molecular weight is 441 g/mol. The summed E-state index contributed by atoms with van der Waals surface area (Å²) in [6.45, 7) is 2.02. The SMILES string of the molecule is Cc1cccc(CC(=O)Cc2ccc(Oc3ccnc(-c4cc(C(=O)NN)c[nH]4)c3)cc2)c1. The number of hydrazine groups is 1. The first-order chi connectivity index (χ1) is 16.0. The van der Waals surface area contributed by atoms with Crippen LogP contribution >= 0.6 is 0 Å². The molecule has 7 heteroatoms. The van der Waals surface area contributed by atoms with E-state index >= 15 is 0 Å². The van der Waals surface area contributed by atoms with Crippen LogP contribution in [0.5, 0.6) is 11.5 Å². The maximum Gasteiger partial charge on any atom is 0.266 e. The van der Waals surface area contributed by atoms with Gasteiger partial charge in [0, 0.05) is 31.3 Å². The number of Topliss-reactive ketones (excluding diaryl/α,β-unsaturated/α-hetero) is 1. The third-order valence-corrected chi connectivity index (χ3v) is 5.13. The van der Waals surface area contributed by atoms with E-state index in [-0.39, 0.29) is 11.7 Å². The maximum absolute atomic E-state index is 12.4. The van der Waals surface area contributed by atoms with Crippen molar-refractivity contribution in [2.75, 3.05) is 0 Å². The molecule has 0 radical (unpaired) electrons. The Kier molecular flexibility index (Phi) is 6.61. The van der Waals surface area contributed by atoms with E-state index in [0.29, 0.717) is 41.3 Å². The number of benzene rings is 2. The topological polar surface area (TPSA) is 110 Å². The molecule has 0 aliphatic heterocycles. The zero-order chi connectivity index (χ0) is 23.2. The number of carbonyl (C=O) groups excluding carboxylic acids is 2. The molecule has 4 aromatic rings. The lowest BCUT2D eigenvalue weighted by Crippen LogP contribution is -2.29. The highest BCUT2D eigenvalue weighted by Gasteiger charge is 2.10. The molecule has 0 bridgehead atoms. The van der Waals surface area contributed by atoms with E-state index in [9.17, 15) is 9.59 Å². The number of nitrogens with zero attached hydrogens (tertiary/aromatic N) is 1. The van der Waals surface area contributed by atoms with Crippen LogP contribution in [0.1, 0.15) is 27.0 Å². The lowest BCUT2D eigenvalue weighted by Gasteiger charge is -2.08. The number of ketones is 1. The number of aryl methyl sites for hydroxylation is 1. The molecular formula is C26H24N4O3. The van der Waals surface area contributed by atoms with Crippen molar-refractivity contribution in [3.05, 3.63) is 101 Å². The summed E-state index contributed by atoms with van der Waals surface area (Å²) >= 11 is 0. The number of nitrogen functional groups attached to an aromatic ring is 1. The first kappa shape index (κ1) is 22.0. The fraction of sp³-hybridized carbons (Fsp3) is 0.115. The number of amides is 1. The molecule has 1 amide bonds. The van der Waals surface area contributed by atoms with Crippen LogP contribution in [0.25, 0.3) is 11.4 Å². The molecule has 0 saturated carbocycles. The highest BCUT2D eigenvalue weighted by molar-refractivity contribution is 5.94. The number of carbonyl (C=O) groups is 2. The highest BCUT2D eigenvalue weighted by atomic mass is 16.5. The van der Waals surface area contributed by atoms with Crippen molar-refractivity contribution in [3.63, 3.8) is 0 Å². The van der Waals surface area contributed by atoms with E-state index < -0.39 is 0 Å². The first-order valence-corrected chi connectivity index (χ1v) is 10.5. The third kappa shape index (κ3) is 5.72. The molecule has 33 heavy (non-hydrogen) atoms. The van der Waals surface area contributed by atoms with Crippen molar-refractivity contribution in [1.29, 1.82) is 0 Å². The second-order valence-corrected chi connectivity index (χ2v) is 7.78. The van der Waals surface area contributed by atoms with E-state index in [4.69, 9.17) is 10.6 Å². The number of nitrogens with one attached hydrogen (secondary N) is 2. The fourth-order valence-electron chi connectivity index (χ4n) is 3.53. The summed E-state index contributed by atoms with van der Waals surface area (Å²) in [5.74, 6) is 6.20. The summed E-state index contributed by atoms with van der Waals surface area (Å²) < 4.78 is 5.95. The Morgan fingerprint density at radius 2 is 1.76 bits per heavy atom. The molecule has 2 heterocycles. The number of aromatic amines is 1. The molecule has 0 fully saturated rings. The van der Waals surface area contributed by atoms with Gasteiger partial charge < -0.3 is 9.72 Å². The minimum Gasteiger partial charge on any atom is -0.457 e. The van der Waals surface area contributed by atoms with Crippen LogP contribution in [0.2, 0.25) is 0 Å². The Bertz CT molecular complexity index is 1280. The number of H-pyrrole nitrogens is 1. The molecule has 0 spiro atoms. The van der Waals surface area contributed by atoms with Gasteiger partial charge in [0.1, 0.15) is 17.3 Å². The standard InChI is InChI=1S/C26H24N4O3/c1-17-3-2-4-19(11-17)13-21(31)12-18-5-7-22(8-6-18)33-23-9-10-28-25(15-23)24-14-20(16-29-24)26(32)30-27/h2-11,14-16,29H,12-13,27H2,1H3,(H,30,32). The number of hydrogen-bond donors (Lipinski definition) is 3. The van der Waals surface area contributed by atoms with Crippen molar-refractivity contribution in [2.45, 2.75) is 19.8 Å². The van der Waals surface area contributed by atoms with Crippen molar-refractivity contribution >= 4 is 11.7 Å². The van der Waals surface area contributed by atoms with Gasteiger partial charge in [0.15, 0.2) is 0 Å².